The average Bonchev–Trinajstić information content (AvgIpc) is 2.32. The second kappa shape index (κ2) is 4.76. The standard InChI is InChI=1S/C10H8ClFN4/c11-16-10-13-6-5-9(15-10)14-8-3-1-7(12)2-4-8/h1-6H,(H2,13,14,15,16). The van der Waals surface area contributed by atoms with Crippen molar-refractivity contribution in [3.05, 3.63) is 42.3 Å². The predicted molar refractivity (Wildman–Crippen MR) is 61.2 cm³/mol. The summed E-state index contributed by atoms with van der Waals surface area (Å²) in [4.78, 5) is 10.2. The molecule has 0 aliphatic heterocycles. The molecule has 0 aliphatic carbocycles. The van der Waals surface area contributed by atoms with E-state index in [1.807, 2.05) is 0 Å². The van der Waals surface area contributed by atoms with Crippen molar-refractivity contribution in [1.29, 1.82) is 0 Å². The van der Waals surface area contributed by atoms with Crippen molar-refractivity contribution in [1.82, 2.24) is 9.97 Å². The minimum atomic E-state index is -0.281. The maximum Gasteiger partial charge on any atom is 0.239 e. The Morgan fingerprint density at radius 3 is 2.56 bits per heavy atom. The van der Waals surface area contributed by atoms with Gasteiger partial charge in [-0.1, -0.05) is 0 Å². The van der Waals surface area contributed by atoms with Gasteiger partial charge in [-0.05, 0) is 30.3 Å². The summed E-state index contributed by atoms with van der Waals surface area (Å²) in [6.45, 7) is 0. The maximum absolute atomic E-state index is 12.7. The molecule has 1 aromatic heterocycles. The summed E-state index contributed by atoms with van der Waals surface area (Å²) in [5, 5.41) is 2.99. The fourth-order valence-electron chi connectivity index (χ4n) is 1.15. The SMILES string of the molecule is Fc1ccc(Nc2ccnc(NCl)n2)cc1. The Morgan fingerprint density at radius 2 is 1.88 bits per heavy atom. The normalized spacial score (nSPS) is 9.88. The highest BCUT2D eigenvalue weighted by Crippen LogP contribution is 2.15. The molecular weight excluding hydrogens is 231 g/mol. The van der Waals surface area contributed by atoms with E-state index < -0.39 is 0 Å². The van der Waals surface area contributed by atoms with Crippen LogP contribution in [0.25, 0.3) is 0 Å². The van der Waals surface area contributed by atoms with E-state index >= 15 is 0 Å². The van der Waals surface area contributed by atoms with Gasteiger partial charge in [-0.3, -0.25) is 4.84 Å². The molecule has 82 valence electrons. The maximum atomic E-state index is 12.7. The first-order chi connectivity index (χ1) is 7.78. The van der Waals surface area contributed by atoms with Crippen LogP contribution in [0.3, 0.4) is 0 Å². The molecular formula is C10H8ClFN4. The first-order valence-corrected chi connectivity index (χ1v) is 4.88. The van der Waals surface area contributed by atoms with E-state index in [0.717, 1.165) is 5.69 Å². The van der Waals surface area contributed by atoms with Crippen molar-refractivity contribution in [3.8, 4) is 0 Å². The Hall–Kier alpha value is -1.88. The van der Waals surface area contributed by atoms with Crippen molar-refractivity contribution >= 4 is 29.2 Å². The summed E-state index contributed by atoms with van der Waals surface area (Å²) >= 11 is 5.37. The zero-order valence-electron chi connectivity index (χ0n) is 8.11. The van der Waals surface area contributed by atoms with Gasteiger partial charge < -0.3 is 5.32 Å². The number of benzene rings is 1. The van der Waals surface area contributed by atoms with Crippen LogP contribution >= 0.6 is 11.8 Å². The van der Waals surface area contributed by atoms with Gasteiger partial charge in [0.2, 0.25) is 5.95 Å². The van der Waals surface area contributed by atoms with Crippen LogP contribution in [0, 0.1) is 5.82 Å². The number of hydrogen-bond donors (Lipinski definition) is 2. The highest BCUT2D eigenvalue weighted by Gasteiger charge is 1.98. The first kappa shape index (κ1) is 10.6. The summed E-state index contributed by atoms with van der Waals surface area (Å²) in [5.74, 6) is 0.592. The molecule has 0 unspecified atom stereocenters. The number of nitrogens with one attached hydrogen (secondary N) is 2. The van der Waals surface area contributed by atoms with Crippen LogP contribution in [0.4, 0.5) is 21.8 Å². The van der Waals surface area contributed by atoms with Crippen LogP contribution in [0.1, 0.15) is 0 Å². The highest BCUT2D eigenvalue weighted by atomic mass is 35.5. The quantitative estimate of drug-likeness (QED) is 0.808. The van der Waals surface area contributed by atoms with Gasteiger partial charge >= 0.3 is 0 Å². The van der Waals surface area contributed by atoms with E-state index in [0.29, 0.717) is 11.8 Å². The second-order valence-electron chi connectivity index (χ2n) is 2.99. The predicted octanol–water partition coefficient (Wildman–Crippen LogP) is 2.92. The second-order valence-corrected chi connectivity index (χ2v) is 3.18. The fourth-order valence-corrected chi connectivity index (χ4v) is 1.25. The molecule has 0 radical (unpaired) electrons. The number of hydrogen-bond acceptors (Lipinski definition) is 4. The van der Waals surface area contributed by atoms with E-state index in [4.69, 9.17) is 11.8 Å². The van der Waals surface area contributed by atoms with Gasteiger partial charge in [-0.2, -0.15) is 4.98 Å². The minimum Gasteiger partial charge on any atom is -0.340 e. The molecule has 0 saturated heterocycles. The molecule has 0 saturated carbocycles. The first-order valence-electron chi connectivity index (χ1n) is 4.50. The monoisotopic (exact) mass is 238 g/mol. The smallest absolute Gasteiger partial charge is 0.239 e. The van der Waals surface area contributed by atoms with Gasteiger partial charge in [0.25, 0.3) is 0 Å². The average molecular weight is 239 g/mol. The van der Waals surface area contributed by atoms with Gasteiger partial charge in [0.15, 0.2) is 0 Å². The van der Waals surface area contributed by atoms with Crippen LogP contribution in [0.5, 0.6) is 0 Å². The van der Waals surface area contributed by atoms with Gasteiger partial charge in [0.1, 0.15) is 11.6 Å². The van der Waals surface area contributed by atoms with Crippen LogP contribution in [-0.2, 0) is 0 Å². The lowest BCUT2D eigenvalue weighted by atomic mass is 10.3. The highest BCUT2D eigenvalue weighted by molar-refractivity contribution is 6.23. The topological polar surface area (TPSA) is 49.8 Å². The summed E-state index contributed by atoms with van der Waals surface area (Å²) in [6.07, 6.45) is 1.56. The van der Waals surface area contributed by atoms with Crippen molar-refractivity contribution in [2.24, 2.45) is 0 Å². The molecule has 2 aromatic rings. The summed E-state index contributed by atoms with van der Waals surface area (Å²) in [6, 6.07) is 7.64. The Bertz CT molecular complexity index is 475. The zero-order chi connectivity index (χ0) is 11.4. The largest absolute Gasteiger partial charge is 0.340 e. The minimum absolute atomic E-state index is 0.281. The van der Waals surface area contributed by atoms with Crippen molar-refractivity contribution in [2.75, 3.05) is 10.2 Å². The summed E-state index contributed by atoms with van der Waals surface area (Å²) in [5.41, 5.74) is 0.737. The van der Waals surface area contributed by atoms with Crippen molar-refractivity contribution < 1.29 is 4.39 Å². The third-order valence-electron chi connectivity index (χ3n) is 1.86. The molecule has 0 fully saturated rings. The van der Waals surface area contributed by atoms with Gasteiger partial charge in [-0.15, -0.1) is 0 Å². The molecule has 16 heavy (non-hydrogen) atoms. The number of aromatic nitrogens is 2. The molecule has 0 aliphatic rings. The molecule has 1 heterocycles. The molecule has 4 nitrogen and oxygen atoms in total. The number of anilines is 3. The molecule has 1 aromatic carbocycles. The number of nitrogens with zero attached hydrogens (tertiary/aromatic N) is 2. The van der Waals surface area contributed by atoms with E-state index in [9.17, 15) is 4.39 Å². The van der Waals surface area contributed by atoms with Gasteiger partial charge in [0, 0.05) is 23.7 Å². The van der Waals surface area contributed by atoms with Crippen LogP contribution in [-0.4, -0.2) is 9.97 Å². The number of rotatable bonds is 3. The molecule has 0 atom stereocenters. The van der Waals surface area contributed by atoms with E-state index in [1.165, 1.54) is 12.1 Å². The lowest BCUT2D eigenvalue weighted by Crippen LogP contribution is -1.97. The lowest BCUT2D eigenvalue weighted by molar-refractivity contribution is 0.628. The van der Waals surface area contributed by atoms with Crippen LogP contribution in [0.15, 0.2) is 36.5 Å². The van der Waals surface area contributed by atoms with E-state index in [1.54, 1.807) is 24.4 Å². The van der Waals surface area contributed by atoms with E-state index in [-0.39, 0.29) is 5.82 Å². The Kier molecular flexibility index (Phi) is 3.16. The molecule has 0 amide bonds. The fraction of sp³-hybridized carbons (Fsp3) is 0. The third kappa shape index (κ3) is 2.58. The Labute approximate surface area is 96.6 Å². The van der Waals surface area contributed by atoms with Gasteiger partial charge in [-0.25, -0.2) is 9.37 Å². The molecule has 6 heteroatoms. The zero-order valence-corrected chi connectivity index (χ0v) is 8.87. The molecule has 2 N–H and O–H groups in total. The molecule has 2 rings (SSSR count). The summed E-state index contributed by atoms with van der Waals surface area (Å²) < 4.78 is 12.7. The Morgan fingerprint density at radius 1 is 1.12 bits per heavy atom. The van der Waals surface area contributed by atoms with Crippen LogP contribution in [0.2, 0.25) is 0 Å². The van der Waals surface area contributed by atoms with Crippen molar-refractivity contribution in [2.45, 2.75) is 0 Å². The Balaban J connectivity index is 2.16. The molecule has 0 spiro atoms. The van der Waals surface area contributed by atoms with Gasteiger partial charge in [0.05, 0.1) is 0 Å². The van der Waals surface area contributed by atoms with Crippen molar-refractivity contribution in [3.63, 3.8) is 0 Å². The third-order valence-corrected chi connectivity index (χ3v) is 2.03. The van der Waals surface area contributed by atoms with E-state index in [2.05, 4.69) is 20.1 Å². The molecule has 0 bridgehead atoms. The number of halogens is 2. The summed E-state index contributed by atoms with van der Waals surface area (Å²) in [7, 11) is 0. The van der Waals surface area contributed by atoms with Crippen LogP contribution < -0.4 is 10.2 Å². The lowest BCUT2D eigenvalue weighted by Gasteiger charge is -2.05.